The Morgan fingerprint density at radius 3 is 2.52 bits per heavy atom. The van der Waals surface area contributed by atoms with Gasteiger partial charge in [0, 0.05) is 25.1 Å². The topological polar surface area (TPSA) is 75.4 Å². The van der Waals surface area contributed by atoms with E-state index in [0.29, 0.717) is 6.54 Å². The Morgan fingerprint density at radius 2 is 1.85 bits per heavy atom. The fourth-order valence-corrected chi connectivity index (χ4v) is 3.42. The predicted octanol–water partition coefficient (Wildman–Crippen LogP) is 2.61. The van der Waals surface area contributed by atoms with Crippen LogP contribution < -0.4 is 11.1 Å². The summed E-state index contributed by atoms with van der Waals surface area (Å²) in [6.45, 7) is 1.35. The molecule has 27 heavy (non-hydrogen) atoms. The van der Waals surface area contributed by atoms with Crippen LogP contribution in [0.1, 0.15) is 17.0 Å². The summed E-state index contributed by atoms with van der Waals surface area (Å²) >= 11 is 0. The van der Waals surface area contributed by atoms with Crippen molar-refractivity contribution in [2.45, 2.75) is 5.92 Å². The molecular weight excluding hydrogens is 345 g/mol. The van der Waals surface area contributed by atoms with Crippen molar-refractivity contribution in [2.24, 2.45) is 11.7 Å². The van der Waals surface area contributed by atoms with Crippen molar-refractivity contribution < 1.29 is 14.0 Å². The van der Waals surface area contributed by atoms with Gasteiger partial charge in [-0.25, -0.2) is 4.39 Å². The molecule has 2 aromatic rings. The summed E-state index contributed by atoms with van der Waals surface area (Å²) < 4.78 is 13.8. The second-order valence-electron chi connectivity index (χ2n) is 6.81. The summed E-state index contributed by atoms with van der Waals surface area (Å²) in [7, 11) is 1.97. The average molecular weight is 367 g/mol. The van der Waals surface area contributed by atoms with E-state index in [1.807, 2.05) is 31.3 Å². The van der Waals surface area contributed by atoms with E-state index in [0.717, 1.165) is 17.7 Å². The van der Waals surface area contributed by atoms with E-state index in [4.69, 9.17) is 5.73 Å². The quantitative estimate of drug-likeness (QED) is 0.798. The second-order valence-corrected chi connectivity index (χ2v) is 6.81. The van der Waals surface area contributed by atoms with Crippen LogP contribution in [0.2, 0.25) is 0 Å². The zero-order chi connectivity index (χ0) is 19.4. The molecule has 1 saturated heterocycles. The Morgan fingerprint density at radius 1 is 1.15 bits per heavy atom. The van der Waals surface area contributed by atoms with Gasteiger partial charge >= 0.3 is 0 Å². The number of nitrogens with zero attached hydrogens (tertiary/aromatic N) is 1. The molecule has 2 atom stereocenters. The molecule has 0 radical (unpaired) electrons. The van der Waals surface area contributed by atoms with Gasteiger partial charge in [0.25, 0.3) is 0 Å². The Bertz CT molecular complexity index is 864. The standard InChI is InChI=1S/C21H22FN3O2/c1-25-12-16(15-9-6-14(7-10-15)8-11-20(23)26)17(13-25)21(27)24-19-5-3-2-4-18(19)22/h2-11,16-17H,12-13H2,1H3,(H2,23,26)(H,24,27)/b11-8+. The highest BCUT2D eigenvalue weighted by Gasteiger charge is 2.37. The SMILES string of the molecule is CN1CC(C(=O)Nc2ccccc2F)C(c2ccc(/C=C/C(N)=O)cc2)C1. The van der Waals surface area contributed by atoms with Crippen LogP contribution in [-0.4, -0.2) is 36.9 Å². The van der Waals surface area contributed by atoms with Crippen molar-refractivity contribution in [3.8, 4) is 0 Å². The van der Waals surface area contributed by atoms with Gasteiger partial charge in [-0.05, 0) is 36.4 Å². The van der Waals surface area contributed by atoms with E-state index in [1.54, 1.807) is 24.3 Å². The lowest BCUT2D eigenvalue weighted by Gasteiger charge is -2.19. The van der Waals surface area contributed by atoms with E-state index in [9.17, 15) is 14.0 Å². The summed E-state index contributed by atoms with van der Waals surface area (Å²) in [5, 5.41) is 2.71. The number of nitrogens with one attached hydrogen (secondary N) is 1. The van der Waals surface area contributed by atoms with Crippen LogP contribution >= 0.6 is 0 Å². The molecule has 2 aromatic carbocycles. The summed E-state index contributed by atoms with van der Waals surface area (Å²) in [4.78, 5) is 25.7. The lowest BCUT2D eigenvalue weighted by Crippen LogP contribution is -2.28. The summed E-state index contributed by atoms with van der Waals surface area (Å²) in [6.07, 6.45) is 2.96. The van der Waals surface area contributed by atoms with Crippen molar-refractivity contribution >= 4 is 23.6 Å². The Balaban J connectivity index is 1.76. The Labute approximate surface area is 157 Å². The first-order valence-electron chi connectivity index (χ1n) is 8.75. The van der Waals surface area contributed by atoms with Crippen LogP contribution in [0.15, 0.2) is 54.6 Å². The van der Waals surface area contributed by atoms with Gasteiger partial charge in [0.15, 0.2) is 0 Å². The molecule has 1 aliphatic rings. The smallest absolute Gasteiger partial charge is 0.241 e. The molecule has 0 spiro atoms. The average Bonchev–Trinajstić information content (AvgIpc) is 3.04. The lowest BCUT2D eigenvalue weighted by molar-refractivity contribution is -0.120. The van der Waals surface area contributed by atoms with E-state index in [-0.39, 0.29) is 23.4 Å². The number of likely N-dealkylation sites (tertiary alicyclic amines) is 1. The van der Waals surface area contributed by atoms with Crippen LogP contribution in [0.4, 0.5) is 10.1 Å². The molecule has 2 amide bonds. The highest BCUT2D eigenvalue weighted by atomic mass is 19.1. The normalized spacial score (nSPS) is 20.1. The summed E-state index contributed by atoms with van der Waals surface area (Å²) in [5.74, 6) is -1.40. The third-order valence-electron chi connectivity index (χ3n) is 4.78. The van der Waals surface area contributed by atoms with Crippen molar-refractivity contribution in [1.82, 2.24) is 4.90 Å². The van der Waals surface area contributed by atoms with Crippen LogP contribution in [0.5, 0.6) is 0 Å². The fraction of sp³-hybridized carbons (Fsp3) is 0.238. The Kier molecular flexibility index (Phi) is 5.66. The third kappa shape index (κ3) is 4.60. The number of para-hydroxylation sites is 1. The number of benzene rings is 2. The lowest BCUT2D eigenvalue weighted by atomic mass is 9.88. The van der Waals surface area contributed by atoms with E-state index in [2.05, 4.69) is 10.2 Å². The van der Waals surface area contributed by atoms with Gasteiger partial charge in [-0.15, -0.1) is 0 Å². The van der Waals surface area contributed by atoms with Crippen molar-refractivity contribution in [1.29, 1.82) is 0 Å². The molecule has 0 aliphatic carbocycles. The van der Waals surface area contributed by atoms with Gasteiger partial charge < -0.3 is 16.0 Å². The van der Waals surface area contributed by atoms with E-state index >= 15 is 0 Å². The molecule has 0 saturated carbocycles. The number of amides is 2. The molecule has 0 bridgehead atoms. The van der Waals surface area contributed by atoms with Gasteiger partial charge in [0.2, 0.25) is 11.8 Å². The number of carbonyl (C=O) groups excluding carboxylic acids is 2. The first kappa shape index (κ1) is 18.8. The van der Waals surface area contributed by atoms with Gasteiger partial charge in [0.05, 0.1) is 11.6 Å². The number of carbonyl (C=O) groups is 2. The highest BCUT2D eigenvalue weighted by Crippen LogP contribution is 2.33. The van der Waals surface area contributed by atoms with Crippen LogP contribution in [0, 0.1) is 11.7 Å². The third-order valence-corrected chi connectivity index (χ3v) is 4.78. The van der Waals surface area contributed by atoms with Crippen LogP contribution in [-0.2, 0) is 9.59 Å². The monoisotopic (exact) mass is 367 g/mol. The van der Waals surface area contributed by atoms with Crippen molar-refractivity contribution in [2.75, 3.05) is 25.5 Å². The summed E-state index contributed by atoms with van der Waals surface area (Å²) in [5.41, 5.74) is 7.19. The number of anilines is 1. The molecule has 0 aromatic heterocycles. The van der Waals surface area contributed by atoms with Crippen LogP contribution in [0.3, 0.4) is 0 Å². The van der Waals surface area contributed by atoms with Gasteiger partial charge in [-0.2, -0.15) is 0 Å². The zero-order valence-electron chi connectivity index (χ0n) is 15.1. The minimum atomic E-state index is -0.499. The molecule has 3 rings (SSSR count). The first-order chi connectivity index (χ1) is 12.9. The maximum Gasteiger partial charge on any atom is 0.241 e. The first-order valence-corrected chi connectivity index (χ1v) is 8.75. The largest absolute Gasteiger partial charge is 0.366 e. The van der Waals surface area contributed by atoms with Crippen molar-refractivity contribution in [3.63, 3.8) is 0 Å². The minimum absolute atomic E-state index is 0.0101. The zero-order valence-corrected chi connectivity index (χ0v) is 15.1. The van der Waals surface area contributed by atoms with Crippen molar-refractivity contribution in [3.05, 3.63) is 71.6 Å². The maximum absolute atomic E-state index is 13.8. The maximum atomic E-state index is 13.8. The number of halogens is 1. The molecule has 1 fully saturated rings. The molecule has 6 heteroatoms. The van der Waals surface area contributed by atoms with E-state index in [1.165, 1.54) is 12.1 Å². The summed E-state index contributed by atoms with van der Waals surface area (Å²) in [6, 6.07) is 13.8. The molecular formula is C21H22FN3O2. The number of likely N-dealkylation sites (N-methyl/N-ethyl adjacent to an activating group) is 1. The number of hydrogen-bond donors (Lipinski definition) is 2. The number of hydrogen-bond acceptors (Lipinski definition) is 3. The second kappa shape index (κ2) is 8.14. The Hall–Kier alpha value is -2.99. The molecule has 5 nitrogen and oxygen atoms in total. The number of nitrogens with two attached hydrogens (primary N) is 1. The minimum Gasteiger partial charge on any atom is -0.366 e. The molecule has 2 unspecified atom stereocenters. The molecule has 140 valence electrons. The number of primary amides is 1. The fourth-order valence-electron chi connectivity index (χ4n) is 3.42. The molecule has 1 heterocycles. The van der Waals surface area contributed by atoms with Gasteiger partial charge in [-0.1, -0.05) is 36.4 Å². The van der Waals surface area contributed by atoms with E-state index < -0.39 is 11.7 Å². The molecule has 1 aliphatic heterocycles. The number of rotatable bonds is 5. The molecule has 3 N–H and O–H groups in total. The van der Waals surface area contributed by atoms with Gasteiger partial charge in [-0.3, -0.25) is 9.59 Å². The highest BCUT2D eigenvalue weighted by molar-refractivity contribution is 5.93. The predicted molar refractivity (Wildman–Crippen MR) is 103 cm³/mol. The van der Waals surface area contributed by atoms with Gasteiger partial charge in [0.1, 0.15) is 5.82 Å². The van der Waals surface area contributed by atoms with Crippen LogP contribution in [0.25, 0.3) is 6.08 Å².